The standard InChI is InChI=1S/C15H15N7O3/c1-2-25-10-5-3-9(4-6-10)20-15(24)11(7-16)21-22-14-12(13(17)23)18-8-19-14/h3-6,8,22H,2H2,1H3,(H2,17,23)(H,18,19)(H,20,24)/b21-11-. The number of amides is 2. The van der Waals surface area contributed by atoms with E-state index in [0.29, 0.717) is 18.0 Å². The number of H-pyrrole nitrogens is 1. The lowest BCUT2D eigenvalue weighted by Crippen LogP contribution is -2.23. The van der Waals surface area contributed by atoms with Gasteiger partial charge in [0.2, 0.25) is 5.71 Å². The number of aromatic amines is 1. The largest absolute Gasteiger partial charge is 0.494 e. The zero-order chi connectivity index (χ0) is 18.2. The fourth-order valence-corrected chi connectivity index (χ4v) is 1.79. The molecule has 0 unspecified atom stereocenters. The molecule has 2 aromatic rings. The van der Waals surface area contributed by atoms with Crippen molar-refractivity contribution in [1.82, 2.24) is 9.97 Å². The molecular weight excluding hydrogens is 326 g/mol. The third kappa shape index (κ3) is 4.55. The normalized spacial score (nSPS) is 10.6. The molecule has 0 aliphatic carbocycles. The van der Waals surface area contributed by atoms with Gasteiger partial charge >= 0.3 is 0 Å². The fraction of sp³-hybridized carbons (Fsp3) is 0.133. The summed E-state index contributed by atoms with van der Waals surface area (Å²) in [4.78, 5) is 29.5. The number of imidazole rings is 1. The average Bonchev–Trinajstić information content (AvgIpc) is 3.06. The predicted molar refractivity (Wildman–Crippen MR) is 90.0 cm³/mol. The summed E-state index contributed by atoms with van der Waals surface area (Å²) in [5.74, 6) is -0.814. The molecule has 10 heteroatoms. The fourth-order valence-electron chi connectivity index (χ4n) is 1.79. The molecule has 2 amide bonds. The first-order valence-corrected chi connectivity index (χ1v) is 7.16. The van der Waals surface area contributed by atoms with E-state index < -0.39 is 17.5 Å². The van der Waals surface area contributed by atoms with Gasteiger partial charge in [-0.3, -0.25) is 15.0 Å². The molecule has 0 saturated heterocycles. The van der Waals surface area contributed by atoms with Gasteiger partial charge in [-0.25, -0.2) is 4.98 Å². The van der Waals surface area contributed by atoms with E-state index in [4.69, 9.17) is 15.7 Å². The van der Waals surface area contributed by atoms with E-state index in [1.54, 1.807) is 30.3 Å². The molecule has 0 radical (unpaired) electrons. The second kappa shape index (κ2) is 8.11. The van der Waals surface area contributed by atoms with Crippen LogP contribution in [0.2, 0.25) is 0 Å². The van der Waals surface area contributed by atoms with Gasteiger partial charge in [-0.1, -0.05) is 0 Å². The molecule has 10 nitrogen and oxygen atoms in total. The summed E-state index contributed by atoms with van der Waals surface area (Å²) in [5, 5.41) is 15.2. The highest BCUT2D eigenvalue weighted by Gasteiger charge is 2.14. The number of nitrogens with one attached hydrogen (secondary N) is 3. The lowest BCUT2D eigenvalue weighted by atomic mass is 10.3. The minimum atomic E-state index is -0.757. The van der Waals surface area contributed by atoms with E-state index in [9.17, 15) is 9.59 Å². The first-order chi connectivity index (χ1) is 12.0. The number of carbonyl (C=O) groups is 2. The third-order valence-electron chi connectivity index (χ3n) is 2.90. The molecule has 1 aromatic heterocycles. The molecule has 0 spiro atoms. The molecule has 1 aromatic carbocycles. The molecule has 5 N–H and O–H groups in total. The Morgan fingerprint density at radius 1 is 1.40 bits per heavy atom. The van der Waals surface area contributed by atoms with Crippen molar-refractivity contribution in [3.63, 3.8) is 0 Å². The summed E-state index contributed by atoms with van der Waals surface area (Å²) >= 11 is 0. The molecular formula is C15H15N7O3. The van der Waals surface area contributed by atoms with Gasteiger partial charge in [-0.05, 0) is 31.2 Å². The van der Waals surface area contributed by atoms with Gasteiger partial charge in [0.1, 0.15) is 17.5 Å². The van der Waals surface area contributed by atoms with E-state index in [0.717, 1.165) is 0 Å². The molecule has 0 saturated carbocycles. The van der Waals surface area contributed by atoms with Crippen molar-refractivity contribution in [2.75, 3.05) is 17.3 Å². The summed E-state index contributed by atoms with van der Waals surface area (Å²) in [6, 6.07) is 8.29. The number of anilines is 2. The van der Waals surface area contributed by atoms with Crippen LogP contribution in [0.4, 0.5) is 11.5 Å². The van der Waals surface area contributed by atoms with Crippen molar-refractivity contribution in [3.8, 4) is 11.8 Å². The number of nitrogens with two attached hydrogens (primary N) is 1. The number of hydrogen-bond donors (Lipinski definition) is 4. The van der Waals surface area contributed by atoms with Crippen LogP contribution in [0.25, 0.3) is 0 Å². The van der Waals surface area contributed by atoms with Crippen LogP contribution in [-0.4, -0.2) is 34.1 Å². The number of nitrogens with zero attached hydrogens (tertiary/aromatic N) is 3. The first kappa shape index (κ1) is 17.5. The predicted octanol–water partition coefficient (Wildman–Crippen LogP) is 0.837. The van der Waals surface area contributed by atoms with Crippen molar-refractivity contribution in [3.05, 3.63) is 36.3 Å². The highest BCUT2D eigenvalue weighted by atomic mass is 16.5. The van der Waals surface area contributed by atoms with Crippen LogP contribution < -0.4 is 21.2 Å². The van der Waals surface area contributed by atoms with Crippen molar-refractivity contribution in [2.45, 2.75) is 6.92 Å². The maximum Gasteiger partial charge on any atom is 0.287 e. The van der Waals surface area contributed by atoms with Crippen LogP contribution in [0.5, 0.6) is 5.75 Å². The number of carbonyl (C=O) groups excluding carboxylic acids is 2. The topological polar surface area (TPSA) is 158 Å². The van der Waals surface area contributed by atoms with Crippen LogP contribution in [0, 0.1) is 11.3 Å². The van der Waals surface area contributed by atoms with E-state index in [1.807, 2.05) is 6.92 Å². The smallest absolute Gasteiger partial charge is 0.287 e. The summed E-state index contributed by atoms with van der Waals surface area (Å²) in [5.41, 5.74) is 7.49. The zero-order valence-electron chi connectivity index (χ0n) is 13.2. The number of primary amides is 1. The Hall–Kier alpha value is -3.87. The Morgan fingerprint density at radius 3 is 2.72 bits per heavy atom. The van der Waals surface area contributed by atoms with Gasteiger partial charge in [-0.15, -0.1) is 0 Å². The molecule has 1 heterocycles. The van der Waals surface area contributed by atoms with Crippen molar-refractivity contribution in [2.24, 2.45) is 10.8 Å². The van der Waals surface area contributed by atoms with E-state index in [2.05, 4.69) is 25.8 Å². The maximum atomic E-state index is 12.1. The monoisotopic (exact) mass is 341 g/mol. The first-order valence-electron chi connectivity index (χ1n) is 7.16. The number of hydrazone groups is 1. The number of aromatic nitrogens is 2. The van der Waals surface area contributed by atoms with Gasteiger partial charge in [-0.2, -0.15) is 10.4 Å². The number of rotatable bonds is 7. The van der Waals surface area contributed by atoms with E-state index in [1.165, 1.54) is 6.33 Å². The molecule has 0 aliphatic heterocycles. The Bertz CT molecular complexity index is 834. The number of ether oxygens (including phenoxy) is 1. The zero-order valence-corrected chi connectivity index (χ0v) is 13.2. The average molecular weight is 341 g/mol. The lowest BCUT2D eigenvalue weighted by Gasteiger charge is -2.06. The number of hydrogen-bond acceptors (Lipinski definition) is 7. The van der Waals surface area contributed by atoms with Crippen molar-refractivity contribution < 1.29 is 14.3 Å². The quantitative estimate of drug-likeness (QED) is 0.431. The molecule has 2 rings (SSSR count). The van der Waals surface area contributed by atoms with Crippen molar-refractivity contribution >= 4 is 29.0 Å². The highest BCUT2D eigenvalue weighted by Crippen LogP contribution is 2.15. The molecule has 25 heavy (non-hydrogen) atoms. The second-order valence-corrected chi connectivity index (χ2v) is 4.59. The Labute approximate surface area is 142 Å². The van der Waals surface area contributed by atoms with Crippen molar-refractivity contribution in [1.29, 1.82) is 5.26 Å². The summed E-state index contributed by atoms with van der Waals surface area (Å²) in [6.45, 7) is 2.39. The van der Waals surface area contributed by atoms with Crippen LogP contribution in [-0.2, 0) is 4.79 Å². The lowest BCUT2D eigenvalue weighted by molar-refractivity contribution is -0.110. The number of benzene rings is 1. The molecule has 128 valence electrons. The molecule has 0 atom stereocenters. The van der Waals surface area contributed by atoms with Crippen LogP contribution >= 0.6 is 0 Å². The summed E-state index contributed by atoms with van der Waals surface area (Å²) in [6.07, 6.45) is 1.23. The van der Waals surface area contributed by atoms with Gasteiger partial charge in [0, 0.05) is 5.69 Å². The second-order valence-electron chi connectivity index (χ2n) is 4.59. The van der Waals surface area contributed by atoms with Crippen LogP contribution in [0.1, 0.15) is 17.4 Å². The van der Waals surface area contributed by atoms with Gasteiger partial charge in [0.15, 0.2) is 5.82 Å². The van der Waals surface area contributed by atoms with Gasteiger partial charge < -0.3 is 20.8 Å². The number of nitriles is 1. The highest BCUT2D eigenvalue weighted by molar-refractivity contribution is 6.48. The van der Waals surface area contributed by atoms with Gasteiger partial charge in [0.05, 0.1) is 12.9 Å². The molecule has 0 bridgehead atoms. The Balaban J connectivity index is 2.06. The van der Waals surface area contributed by atoms with Crippen LogP contribution in [0.15, 0.2) is 35.7 Å². The summed E-state index contributed by atoms with van der Waals surface area (Å²) < 4.78 is 5.30. The van der Waals surface area contributed by atoms with E-state index >= 15 is 0 Å². The minimum absolute atomic E-state index is 0.00844. The maximum absolute atomic E-state index is 12.1. The summed E-state index contributed by atoms with van der Waals surface area (Å²) in [7, 11) is 0. The minimum Gasteiger partial charge on any atom is -0.494 e. The molecule has 0 fully saturated rings. The Morgan fingerprint density at radius 2 is 2.12 bits per heavy atom. The van der Waals surface area contributed by atoms with E-state index in [-0.39, 0.29) is 11.5 Å². The van der Waals surface area contributed by atoms with Crippen LogP contribution in [0.3, 0.4) is 0 Å². The van der Waals surface area contributed by atoms with Gasteiger partial charge in [0.25, 0.3) is 11.8 Å². The third-order valence-corrected chi connectivity index (χ3v) is 2.90. The SMILES string of the molecule is CCOc1ccc(NC(=O)/C(C#N)=N\Nc2nc[nH]c2C(N)=O)cc1. The Kier molecular flexibility index (Phi) is 5.67. The molecule has 0 aliphatic rings.